The van der Waals surface area contributed by atoms with Crippen molar-refractivity contribution in [2.75, 3.05) is 31.6 Å². The van der Waals surface area contributed by atoms with Gasteiger partial charge in [-0.25, -0.2) is 9.97 Å². The second kappa shape index (κ2) is 12.1. The Kier molecular flexibility index (Phi) is 8.00. The summed E-state index contributed by atoms with van der Waals surface area (Å²) in [5.74, 6) is -0.861. The number of carbonyl (C=O) groups is 2. The zero-order chi connectivity index (χ0) is 34.7. The summed E-state index contributed by atoms with van der Waals surface area (Å²) in [5.41, 5.74) is 0.564. The third-order valence-corrected chi connectivity index (χ3v) is 9.74. The van der Waals surface area contributed by atoms with Gasteiger partial charge in [0.25, 0.3) is 11.5 Å². The van der Waals surface area contributed by atoms with Crippen molar-refractivity contribution < 1.29 is 32.6 Å². The molecule has 1 unspecified atom stereocenters. The molecule has 3 aliphatic rings. The Hall–Kier alpha value is -5.12. The quantitative estimate of drug-likeness (QED) is 0.320. The number of rotatable bonds is 5. The van der Waals surface area contributed by atoms with Crippen LogP contribution in [-0.4, -0.2) is 77.3 Å². The van der Waals surface area contributed by atoms with Gasteiger partial charge in [-0.1, -0.05) is 13.0 Å². The summed E-state index contributed by atoms with van der Waals surface area (Å²) in [7, 11) is 0. The highest BCUT2D eigenvalue weighted by Gasteiger charge is 2.49. The lowest BCUT2D eigenvalue weighted by Crippen LogP contribution is -2.46. The number of aromatic hydroxyl groups is 1. The van der Waals surface area contributed by atoms with Gasteiger partial charge in [-0.2, -0.15) is 22.7 Å². The molecule has 0 saturated carbocycles. The molecule has 1 aliphatic carbocycles. The SMILES string of the molecule is Cc1ncnc(C(=O)N2CCC3(CC2)CC(C)c2c3c(=O)n3nc(C4=CCOCC4)nc3n2CC(=O)Nc2ccc(C(F)(F)F)cc2)c1O. The van der Waals surface area contributed by atoms with E-state index in [9.17, 15) is 32.7 Å². The minimum atomic E-state index is -4.51. The normalized spacial score (nSPS) is 18.8. The number of likely N-dealkylation sites (tertiary alicyclic amines) is 1. The molecule has 16 heteroatoms. The lowest BCUT2D eigenvalue weighted by Gasteiger charge is -2.39. The number of fused-ring (bicyclic) bond motifs is 3. The Morgan fingerprint density at radius 3 is 2.55 bits per heavy atom. The Balaban J connectivity index is 1.25. The van der Waals surface area contributed by atoms with Crippen molar-refractivity contribution in [2.24, 2.45) is 0 Å². The van der Waals surface area contributed by atoms with E-state index in [1.807, 2.05) is 13.0 Å². The molecule has 1 fully saturated rings. The first-order valence-corrected chi connectivity index (χ1v) is 15.9. The number of ether oxygens (including phenoxy) is 1. The number of alkyl halides is 3. The van der Waals surface area contributed by atoms with Gasteiger partial charge in [-0.3, -0.25) is 14.4 Å². The van der Waals surface area contributed by atoms with Gasteiger partial charge < -0.3 is 24.6 Å². The van der Waals surface area contributed by atoms with Gasteiger partial charge in [0, 0.05) is 35.4 Å². The molecule has 2 amide bonds. The minimum Gasteiger partial charge on any atom is -0.504 e. The van der Waals surface area contributed by atoms with E-state index < -0.39 is 29.0 Å². The van der Waals surface area contributed by atoms with Crippen molar-refractivity contribution in [3.05, 3.63) is 81.1 Å². The number of piperidine rings is 1. The van der Waals surface area contributed by atoms with Crippen LogP contribution in [0.4, 0.5) is 18.9 Å². The van der Waals surface area contributed by atoms with Gasteiger partial charge in [0.2, 0.25) is 11.7 Å². The Bertz CT molecular complexity index is 2060. The molecule has 1 aromatic carbocycles. The predicted molar refractivity (Wildman–Crippen MR) is 169 cm³/mol. The highest BCUT2D eigenvalue weighted by atomic mass is 19.4. The molecular weight excluding hydrogens is 645 g/mol. The molecule has 1 spiro atoms. The first kappa shape index (κ1) is 32.4. The molecule has 13 nitrogen and oxygen atoms in total. The maximum Gasteiger partial charge on any atom is 0.416 e. The summed E-state index contributed by atoms with van der Waals surface area (Å²) in [5, 5.41) is 17.7. The summed E-state index contributed by atoms with van der Waals surface area (Å²) in [4.78, 5) is 55.5. The minimum absolute atomic E-state index is 0.0793. The highest BCUT2D eigenvalue weighted by Crippen LogP contribution is 2.50. The summed E-state index contributed by atoms with van der Waals surface area (Å²) in [6.07, 6.45) is 0.596. The van der Waals surface area contributed by atoms with E-state index in [2.05, 4.69) is 20.4 Å². The maximum absolute atomic E-state index is 14.4. The largest absolute Gasteiger partial charge is 0.504 e. The molecule has 0 bridgehead atoms. The van der Waals surface area contributed by atoms with Crippen LogP contribution in [0.3, 0.4) is 0 Å². The molecule has 0 radical (unpaired) electrons. The third kappa shape index (κ3) is 5.72. The van der Waals surface area contributed by atoms with Gasteiger partial charge in [-0.05, 0) is 68.4 Å². The molecule has 1 saturated heterocycles. The van der Waals surface area contributed by atoms with Gasteiger partial charge >= 0.3 is 6.18 Å². The number of hydrogen-bond acceptors (Lipinski definition) is 9. The fraction of sp³-hybridized carbons (Fsp3) is 0.424. The lowest BCUT2D eigenvalue weighted by atomic mass is 9.73. The lowest BCUT2D eigenvalue weighted by molar-refractivity contribution is -0.137. The van der Waals surface area contributed by atoms with Crippen LogP contribution in [0.5, 0.6) is 5.75 Å². The second-order valence-corrected chi connectivity index (χ2v) is 12.8. The highest BCUT2D eigenvalue weighted by molar-refractivity contribution is 5.95. The molecule has 2 N–H and O–H groups in total. The van der Waals surface area contributed by atoms with Crippen molar-refractivity contribution in [3.63, 3.8) is 0 Å². The monoisotopic (exact) mass is 678 g/mol. The fourth-order valence-corrected chi connectivity index (χ4v) is 7.34. The molecule has 7 rings (SSSR count). The number of halogens is 3. The maximum atomic E-state index is 14.4. The zero-order valence-corrected chi connectivity index (χ0v) is 26.8. The smallest absolute Gasteiger partial charge is 0.416 e. The van der Waals surface area contributed by atoms with Crippen LogP contribution >= 0.6 is 0 Å². The molecule has 2 aliphatic heterocycles. The first-order valence-electron chi connectivity index (χ1n) is 15.9. The molecule has 4 aromatic rings. The van der Waals surface area contributed by atoms with Crippen molar-refractivity contribution in [1.82, 2.24) is 34.0 Å². The van der Waals surface area contributed by atoms with Crippen LogP contribution in [0, 0.1) is 6.92 Å². The summed E-state index contributed by atoms with van der Waals surface area (Å²) < 4.78 is 47.6. The number of benzene rings is 1. The van der Waals surface area contributed by atoms with E-state index >= 15 is 0 Å². The van der Waals surface area contributed by atoms with E-state index in [4.69, 9.17) is 9.72 Å². The summed E-state index contributed by atoms with van der Waals surface area (Å²) in [6.45, 7) is 4.74. The third-order valence-electron chi connectivity index (χ3n) is 9.74. The van der Waals surface area contributed by atoms with E-state index in [0.29, 0.717) is 74.8 Å². The number of aromatic nitrogens is 6. The molecule has 256 valence electrons. The van der Waals surface area contributed by atoms with Crippen LogP contribution in [0.2, 0.25) is 0 Å². The molecular formula is C33H33F3N8O5. The van der Waals surface area contributed by atoms with Crippen LogP contribution < -0.4 is 10.9 Å². The van der Waals surface area contributed by atoms with Crippen molar-refractivity contribution in [3.8, 4) is 5.75 Å². The van der Waals surface area contributed by atoms with E-state index in [1.165, 1.54) is 23.0 Å². The van der Waals surface area contributed by atoms with Gasteiger partial charge in [0.1, 0.15) is 12.9 Å². The number of carbonyl (C=O) groups excluding carboxylic acids is 2. The fourth-order valence-electron chi connectivity index (χ4n) is 7.34. The number of aryl methyl sites for hydroxylation is 1. The van der Waals surface area contributed by atoms with Gasteiger partial charge in [0.15, 0.2) is 17.3 Å². The van der Waals surface area contributed by atoms with Crippen molar-refractivity contribution >= 4 is 28.9 Å². The summed E-state index contributed by atoms with van der Waals surface area (Å²) >= 11 is 0. The average molecular weight is 679 g/mol. The Labute approximate surface area is 277 Å². The van der Waals surface area contributed by atoms with E-state index in [1.54, 1.807) is 16.4 Å². The first-order chi connectivity index (χ1) is 23.4. The second-order valence-electron chi connectivity index (χ2n) is 12.8. The van der Waals surface area contributed by atoms with E-state index in [-0.39, 0.29) is 40.9 Å². The summed E-state index contributed by atoms with van der Waals surface area (Å²) in [6, 6.07) is 4.17. The number of nitrogens with one attached hydrogen (secondary N) is 1. The van der Waals surface area contributed by atoms with Gasteiger partial charge in [-0.15, -0.1) is 5.10 Å². The topological polar surface area (TPSA) is 157 Å². The molecule has 3 aromatic heterocycles. The standard InChI is InChI=1S/C33H33F3N8O5/c1-18-15-32(9-11-42(12-10-32)30(48)25-27(46)19(2)37-17-38-25)24-26(18)43(16-23(45)39-22-5-3-21(4-6-22)33(34,35)36)31-40-28(41-44(31)29(24)47)20-7-13-49-14-8-20/h3-7,17-18,46H,8-16H2,1-2H3,(H,39,45). The van der Waals surface area contributed by atoms with Crippen LogP contribution in [0.1, 0.15) is 77.4 Å². The predicted octanol–water partition coefficient (Wildman–Crippen LogP) is 3.84. The Morgan fingerprint density at radius 1 is 1.14 bits per heavy atom. The molecule has 5 heterocycles. The average Bonchev–Trinajstić information content (AvgIpc) is 3.65. The zero-order valence-electron chi connectivity index (χ0n) is 26.8. The number of hydrogen-bond donors (Lipinski definition) is 2. The van der Waals surface area contributed by atoms with Gasteiger partial charge in [0.05, 0.1) is 24.5 Å². The number of anilines is 1. The van der Waals surface area contributed by atoms with Crippen molar-refractivity contribution in [1.29, 1.82) is 0 Å². The van der Waals surface area contributed by atoms with Crippen LogP contribution in [0.15, 0.2) is 41.5 Å². The molecule has 49 heavy (non-hydrogen) atoms. The number of nitrogens with zero attached hydrogens (tertiary/aromatic N) is 7. The van der Waals surface area contributed by atoms with Crippen LogP contribution in [-0.2, 0) is 27.7 Å². The van der Waals surface area contributed by atoms with Crippen molar-refractivity contribution in [2.45, 2.75) is 63.6 Å². The number of amides is 2. The Morgan fingerprint density at radius 2 is 1.88 bits per heavy atom. The molecule has 1 atom stereocenters. The van der Waals surface area contributed by atoms with E-state index in [0.717, 1.165) is 17.7 Å². The van der Waals surface area contributed by atoms with Crippen LogP contribution in [0.25, 0.3) is 11.4 Å².